The zero-order chi connectivity index (χ0) is 53.6. The molecule has 3 heterocycles. The molecule has 11 heteroatoms. The van der Waals surface area contributed by atoms with Crippen LogP contribution in [0, 0.1) is 26.0 Å². The Morgan fingerprint density at radius 3 is 1.93 bits per heavy atom. The number of alkyl halides is 2. The Labute approximate surface area is 464 Å². The van der Waals surface area contributed by atoms with E-state index in [4.69, 9.17) is 4.98 Å². The van der Waals surface area contributed by atoms with Gasteiger partial charge in [-0.3, -0.25) is 9.78 Å². The molecular weight excluding hydrogens is 1210 g/mol. The van der Waals surface area contributed by atoms with Crippen LogP contribution in [0.3, 0.4) is 0 Å². The van der Waals surface area contributed by atoms with E-state index in [0.717, 1.165) is 38.1 Å². The number of nitrogens with zero attached hydrogens (tertiary/aromatic N) is 3. The largest absolute Gasteiger partial charge is 0 e. The van der Waals surface area contributed by atoms with Gasteiger partial charge in [0.1, 0.15) is 12.1 Å². The van der Waals surface area contributed by atoms with Crippen LogP contribution in [-0.2, 0) is 24.9 Å². The van der Waals surface area contributed by atoms with E-state index >= 15 is 0 Å². The molecule has 391 valence electrons. The van der Waals surface area contributed by atoms with Gasteiger partial charge in [0.15, 0.2) is 17.1 Å². The minimum atomic E-state index is -2.00. The second-order valence-electron chi connectivity index (χ2n) is 21.2. The van der Waals surface area contributed by atoms with Crippen molar-refractivity contribution in [3.63, 3.8) is 0 Å². The van der Waals surface area contributed by atoms with Gasteiger partial charge in [0.25, 0.3) is 0 Å². The van der Waals surface area contributed by atoms with Gasteiger partial charge in [-0.1, -0.05) is 130 Å². The Hall–Kier alpha value is -5.49. The summed E-state index contributed by atoms with van der Waals surface area (Å²) in [5, 5.41) is 14.6. The van der Waals surface area contributed by atoms with Crippen LogP contribution < -0.4 is 9.58 Å². The number of carbonyl (C=O) groups is 1. The standard InChI is InChI=1S/C29H23N2SSi.C22H24GeN.C13H22F2O2.Ir/c1-33(2,3)22-14-12-19(13-15-22)25-17-21(16-20-8-4-5-9-23(20)25)27-29-28(31-18-30-27)24-10-6-7-11-26(24)32-29;1-16-13-22(24-15-17(16)2)20-8-6-7-19(14-20)18-9-11-21(12-10-18)23(3,4)5;1-5-12(14,6-2)10(16)9-11(17)13(15,7-3)8-4;/h4-15,17-18H,1-3H3;6-7,9-15H,1-5H3;9,16H,5-8H2,1-4H3;/q2*-1;;/b;;10-9-;. The predicted octanol–water partition coefficient (Wildman–Crippen LogP) is 17.1. The molecule has 9 rings (SSSR count). The molecule has 1 radical (unpaired) electrons. The molecule has 0 saturated carbocycles. The number of aliphatic hydroxyl groups is 1. The van der Waals surface area contributed by atoms with Gasteiger partial charge < -0.3 is 5.11 Å². The molecule has 1 N–H and O–H groups in total. The van der Waals surface area contributed by atoms with Crippen molar-refractivity contribution in [1.82, 2.24) is 15.0 Å². The SMILES string of the molecule is CCC(F)(CC)C(=O)/C=C(\O)C(F)(CC)CC.C[Si](C)(C)c1ccc(-c2cc(-c3ncnc4c3sc3ccccc34)[c-]c3ccccc23)cc1.Cc1cnc(-c2[c-]ccc(-c3cc[c]([Ge]([CH3])([CH3])[CH3])cc3)c2)cc1C.[Ir]. The van der Waals surface area contributed by atoms with Crippen molar-refractivity contribution in [2.45, 2.75) is 115 Å². The summed E-state index contributed by atoms with van der Waals surface area (Å²) in [6.07, 6.45) is 4.47. The fraction of sp³-hybridized carbons (Fsp3) is 0.281. The number of aliphatic hydroxyl groups excluding tert-OH is 1. The van der Waals surface area contributed by atoms with Crippen molar-refractivity contribution < 1.29 is 38.8 Å². The zero-order valence-corrected chi connectivity index (χ0v) is 51.7. The maximum absolute atomic E-state index is 14.0. The molecule has 0 aliphatic rings. The summed E-state index contributed by atoms with van der Waals surface area (Å²) in [4.78, 5) is 25.6. The first kappa shape index (κ1) is 58.8. The first-order valence-electron chi connectivity index (χ1n) is 25.7. The van der Waals surface area contributed by atoms with Crippen LogP contribution in [0.2, 0.25) is 36.9 Å². The van der Waals surface area contributed by atoms with E-state index in [-0.39, 0.29) is 45.8 Å². The molecule has 0 aliphatic heterocycles. The molecule has 75 heavy (non-hydrogen) atoms. The molecule has 0 bridgehead atoms. The molecular formula is C64H69F2GeIrN3O2SSi-2. The Morgan fingerprint density at radius 1 is 0.707 bits per heavy atom. The fourth-order valence-corrected chi connectivity index (χ4v) is 13.6. The first-order chi connectivity index (χ1) is 35.1. The number of carbonyl (C=O) groups excluding carboxylic acids is 1. The third kappa shape index (κ3) is 13.6. The number of hydrogen-bond donors (Lipinski definition) is 1. The molecule has 0 spiro atoms. The van der Waals surface area contributed by atoms with Crippen LogP contribution in [0.15, 0.2) is 152 Å². The maximum atomic E-state index is 14.0. The molecule has 0 saturated heterocycles. The van der Waals surface area contributed by atoms with E-state index in [0.29, 0.717) is 6.08 Å². The van der Waals surface area contributed by atoms with Gasteiger partial charge in [0.05, 0.1) is 13.6 Å². The number of aromatic nitrogens is 3. The van der Waals surface area contributed by atoms with E-state index in [2.05, 4.69) is 194 Å². The fourth-order valence-electron chi connectivity index (χ4n) is 8.78. The number of rotatable bonds is 13. The minimum Gasteiger partial charge on any atom is 0 e. The van der Waals surface area contributed by atoms with Crippen LogP contribution in [0.5, 0.6) is 0 Å². The van der Waals surface area contributed by atoms with E-state index in [1.54, 1.807) is 45.4 Å². The normalized spacial score (nSPS) is 12.2. The average Bonchev–Trinajstić information content (AvgIpc) is 3.80. The molecule has 3 aromatic heterocycles. The Balaban J connectivity index is 0.000000193. The Bertz CT molecular complexity index is 3450. The summed E-state index contributed by atoms with van der Waals surface area (Å²) < 4.78 is 31.9. The molecule has 6 aromatic carbocycles. The van der Waals surface area contributed by atoms with Crippen molar-refractivity contribution in [1.29, 1.82) is 0 Å². The molecule has 5 nitrogen and oxygen atoms in total. The third-order valence-electron chi connectivity index (χ3n) is 14.2. The van der Waals surface area contributed by atoms with E-state index in [9.17, 15) is 18.7 Å². The minimum absolute atomic E-state index is 0. The number of pyridine rings is 1. The zero-order valence-electron chi connectivity index (χ0n) is 45.4. The van der Waals surface area contributed by atoms with Crippen molar-refractivity contribution in [3.05, 3.63) is 175 Å². The molecule has 0 fully saturated rings. The van der Waals surface area contributed by atoms with Gasteiger partial charge in [-0.15, -0.1) is 34.9 Å². The van der Waals surface area contributed by atoms with Crippen molar-refractivity contribution in [2.75, 3.05) is 0 Å². The molecule has 0 amide bonds. The topological polar surface area (TPSA) is 76.0 Å². The molecule has 9 aromatic rings. The van der Waals surface area contributed by atoms with Gasteiger partial charge in [-0.2, -0.15) is 0 Å². The van der Waals surface area contributed by atoms with E-state index in [1.165, 1.54) is 58.4 Å². The van der Waals surface area contributed by atoms with E-state index < -0.39 is 44.2 Å². The number of fused-ring (bicyclic) bond motifs is 4. The Kier molecular flexibility index (Phi) is 19.3. The number of benzene rings is 6. The Morgan fingerprint density at radius 2 is 1.32 bits per heavy atom. The number of thiophene rings is 1. The van der Waals surface area contributed by atoms with Crippen LogP contribution in [0.25, 0.3) is 75.8 Å². The van der Waals surface area contributed by atoms with Crippen LogP contribution in [-0.4, -0.2) is 58.5 Å². The number of halogens is 2. The van der Waals surface area contributed by atoms with Crippen molar-refractivity contribution >= 4 is 79.1 Å². The molecule has 0 atom stereocenters. The van der Waals surface area contributed by atoms with Gasteiger partial charge in [-0.05, 0) is 37.3 Å². The monoisotopic (exact) mass is 1280 g/mol. The first-order valence-corrected chi connectivity index (χ1v) is 37.4. The number of hydrogen-bond acceptors (Lipinski definition) is 6. The van der Waals surface area contributed by atoms with Gasteiger partial charge in [0, 0.05) is 46.7 Å². The second-order valence-corrected chi connectivity index (χ2v) is 38.0. The van der Waals surface area contributed by atoms with Crippen molar-refractivity contribution in [3.8, 4) is 44.8 Å². The molecule has 0 aliphatic carbocycles. The quantitative estimate of drug-likeness (QED) is 0.0539. The van der Waals surface area contributed by atoms with E-state index in [1.807, 2.05) is 12.3 Å². The number of allylic oxidation sites excluding steroid dienone is 2. The summed E-state index contributed by atoms with van der Waals surface area (Å²) in [6, 6.07) is 52.9. The summed E-state index contributed by atoms with van der Waals surface area (Å²) in [5.41, 5.74) is 8.48. The molecule has 0 unspecified atom stereocenters. The average molecular weight is 1280 g/mol. The summed E-state index contributed by atoms with van der Waals surface area (Å²) in [6.45, 7) is 17.6. The van der Waals surface area contributed by atoms with Crippen molar-refractivity contribution in [2.24, 2.45) is 0 Å². The summed E-state index contributed by atoms with van der Waals surface area (Å²) in [7, 11) is -1.34. The van der Waals surface area contributed by atoms with Gasteiger partial charge in [-0.25, -0.2) is 13.8 Å². The number of ketones is 1. The van der Waals surface area contributed by atoms with Crippen LogP contribution in [0.4, 0.5) is 8.78 Å². The van der Waals surface area contributed by atoms with Gasteiger partial charge >= 0.3 is 148 Å². The number of aryl methyl sites for hydroxylation is 2. The third-order valence-corrected chi connectivity index (χ3v) is 21.8. The smallest absolute Gasteiger partial charge is 0 e. The predicted molar refractivity (Wildman–Crippen MR) is 316 cm³/mol. The van der Waals surface area contributed by atoms with Crippen LogP contribution in [0.1, 0.15) is 64.5 Å². The second kappa shape index (κ2) is 24.7. The summed E-state index contributed by atoms with van der Waals surface area (Å²) >= 11 is 0.00647. The van der Waals surface area contributed by atoms with Crippen LogP contribution >= 0.6 is 11.3 Å². The maximum Gasteiger partial charge on any atom is 0 e. The van der Waals surface area contributed by atoms with Gasteiger partial charge in [0.2, 0.25) is 0 Å². The summed E-state index contributed by atoms with van der Waals surface area (Å²) in [5.74, 6) is 5.75.